The monoisotopic (exact) mass is 435 g/mol. The second-order valence-electron chi connectivity index (χ2n) is 7.25. The van der Waals surface area contributed by atoms with Crippen LogP contribution in [0, 0.1) is 0 Å². The molecule has 3 N–H and O–H groups in total. The lowest BCUT2D eigenvalue weighted by Gasteiger charge is -2.06. The number of aliphatic imine (C=N–C) groups is 2. The largest absolute Gasteiger partial charge is 0.508 e. The summed E-state index contributed by atoms with van der Waals surface area (Å²) in [6.45, 7) is 0. The van der Waals surface area contributed by atoms with Gasteiger partial charge < -0.3 is 15.5 Å². The average molecular weight is 435 g/mol. The molecule has 6 heteroatoms. The summed E-state index contributed by atoms with van der Waals surface area (Å²) in [4.78, 5) is 21.3. The Hall–Kier alpha value is -4.71. The lowest BCUT2D eigenvalue weighted by Crippen LogP contribution is -2.11. The van der Waals surface area contributed by atoms with E-state index in [2.05, 4.69) is 15.3 Å². The molecule has 0 spiro atoms. The van der Waals surface area contributed by atoms with Crippen molar-refractivity contribution in [1.82, 2.24) is 0 Å². The van der Waals surface area contributed by atoms with E-state index in [1.54, 1.807) is 97.4 Å². The zero-order valence-corrected chi connectivity index (χ0v) is 17.6. The number of phenolic OH excluding ortho intramolecular Hbond substituents is 2. The molecule has 33 heavy (non-hydrogen) atoms. The van der Waals surface area contributed by atoms with Crippen LogP contribution in [0.1, 0.15) is 21.5 Å². The van der Waals surface area contributed by atoms with E-state index in [9.17, 15) is 15.0 Å². The fourth-order valence-corrected chi connectivity index (χ4v) is 2.95. The second kappa shape index (κ2) is 10.1. The van der Waals surface area contributed by atoms with Gasteiger partial charge in [0, 0.05) is 23.7 Å². The molecule has 0 fully saturated rings. The molecular formula is C27H21N3O3. The summed E-state index contributed by atoms with van der Waals surface area (Å²) in [5.41, 5.74) is 4.39. The molecule has 4 aromatic carbocycles. The summed E-state index contributed by atoms with van der Waals surface area (Å²) in [7, 11) is 0. The highest BCUT2D eigenvalue weighted by atomic mass is 16.3. The van der Waals surface area contributed by atoms with Gasteiger partial charge in [-0.1, -0.05) is 0 Å². The maximum atomic E-state index is 12.5. The third-order valence-corrected chi connectivity index (χ3v) is 4.77. The number of hydrogen-bond acceptors (Lipinski definition) is 5. The van der Waals surface area contributed by atoms with Crippen LogP contribution in [0.3, 0.4) is 0 Å². The number of benzene rings is 4. The molecule has 0 saturated carbocycles. The van der Waals surface area contributed by atoms with Gasteiger partial charge in [-0.05, 0) is 108 Å². The van der Waals surface area contributed by atoms with E-state index >= 15 is 0 Å². The fraction of sp³-hybridized carbons (Fsp3) is 0. The minimum atomic E-state index is -0.218. The smallest absolute Gasteiger partial charge is 0.255 e. The number of amides is 1. The topological polar surface area (TPSA) is 94.3 Å². The average Bonchev–Trinajstić information content (AvgIpc) is 2.84. The SMILES string of the molecule is O=C(Nc1ccc(N=Cc2ccc(O)cc2)cc1)c1ccc(N=Cc2ccc(O)cc2)cc1. The molecule has 0 aliphatic heterocycles. The molecule has 0 heterocycles. The molecule has 0 unspecified atom stereocenters. The summed E-state index contributed by atoms with van der Waals surface area (Å²) in [5.74, 6) is 0.201. The number of carbonyl (C=O) groups excluding carboxylic acids is 1. The Bertz CT molecular complexity index is 1280. The Morgan fingerprint density at radius 3 is 1.48 bits per heavy atom. The van der Waals surface area contributed by atoms with Crippen LogP contribution in [0.4, 0.5) is 17.1 Å². The van der Waals surface area contributed by atoms with Gasteiger partial charge in [0.2, 0.25) is 0 Å². The first-order valence-electron chi connectivity index (χ1n) is 10.2. The van der Waals surface area contributed by atoms with E-state index in [-0.39, 0.29) is 17.4 Å². The molecule has 0 aliphatic carbocycles. The number of nitrogens with zero attached hydrogens (tertiary/aromatic N) is 2. The van der Waals surface area contributed by atoms with Crippen molar-refractivity contribution in [3.05, 3.63) is 114 Å². The van der Waals surface area contributed by atoms with Crippen molar-refractivity contribution in [3.8, 4) is 11.5 Å². The van der Waals surface area contributed by atoms with Crippen molar-refractivity contribution >= 4 is 35.4 Å². The molecule has 1 amide bonds. The second-order valence-corrected chi connectivity index (χ2v) is 7.25. The van der Waals surface area contributed by atoms with Crippen LogP contribution in [-0.2, 0) is 0 Å². The normalized spacial score (nSPS) is 11.2. The van der Waals surface area contributed by atoms with E-state index < -0.39 is 0 Å². The van der Waals surface area contributed by atoms with Crippen LogP contribution in [0.25, 0.3) is 0 Å². The number of phenols is 2. The first-order chi connectivity index (χ1) is 16.0. The van der Waals surface area contributed by atoms with Gasteiger partial charge in [0.1, 0.15) is 11.5 Å². The Morgan fingerprint density at radius 1 is 0.606 bits per heavy atom. The van der Waals surface area contributed by atoms with Crippen molar-refractivity contribution in [1.29, 1.82) is 0 Å². The van der Waals surface area contributed by atoms with Crippen molar-refractivity contribution in [2.24, 2.45) is 9.98 Å². The van der Waals surface area contributed by atoms with Gasteiger partial charge in [-0.15, -0.1) is 0 Å². The third kappa shape index (κ3) is 6.15. The summed E-state index contributed by atoms with van der Waals surface area (Å²) in [6, 6.07) is 27.7. The van der Waals surface area contributed by atoms with Crippen LogP contribution in [0.2, 0.25) is 0 Å². The molecule has 0 bridgehead atoms. The Labute approximate surface area is 191 Å². The molecule has 0 aliphatic rings. The molecule has 0 aromatic heterocycles. The molecule has 6 nitrogen and oxygen atoms in total. The molecule has 162 valence electrons. The third-order valence-electron chi connectivity index (χ3n) is 4.77. The van der Waals surface area contributed by atoms with Crippen molar-refractivity contribution in [3.63, 3.8) is 0 Å². The molecule has 0 radical (unpaired) electrons. The summed E-state index contributed by atoms with van der Waals surface area (Å²) in [6.07, 6.45) is 3.40. The van der Waals surface area contributed by atoms with E-state index in [1.165, 1.54) is 0 Å². The zero-order chi connectivity index (χ0) is 23.0. The number of rotatable bonds is 6. The van der Waals surface area contributed by atoms with Crippen LogP contribution in [0.5, 0.6) is 11.5 Å². The minimum Gasteiger partial charge on any atom is -0.508 e. The van der Waals surface area contributed by atoms with E-state index in [4.69, 9.17) is 0 Å². The molecule has 4 rings (SSSR count). The molecule has 0 saturated heterocycles. The first-order valence-corrected chi connectivity index (χ1v) is 10.2. The number of hydrogen-bond donors (Lipinski definition) is 3. The predicted molar refractivity (Wildman–Crippen MR) is 132 cm³/mol. The Kier molecular flexibility index (Phi) is 6.56. The quantitative estimate of drug-likeness (QED) is 0.332. The van der Waals surface area contributed by atoms with E-state index in [0.29, 0.717) is 11.3 Å². The molecule has 0 atom stereocenters. The van der Waals surface area contributed by atoms with Crippen LogP contribution < -0.4 is 5.32 Å². The van der Waals surface area contributed by atoms with Crippen molar-refractivity contribution in [2.45, 2.75) is 0 Å². The summed E-state index contributed by atoms with van der Waals surface area (Å²) >= 11 is 0. The van der Waals surface area contributed by atoms with Crippen molar-refractivity contribution in [2.75, 3.05) is 5.32 Å². The standard InChI is InChI=1S/C27H21N3O3/c31-25-13-1-19(2-14-25)17-28-22-7-5-21(6-8-22)27(33)30-24-11-9-23(10-12-24)29-18-20-3-15-26(32)16-4-20/h1-18,31-32H,(H,30,33). The number of anilines is 1. The summed E-state index contributed by atoms with van der Waals surface area (Å²) in [5, 5.41) is 21.5. The predicted octanol–water partition coefficient (Wildman–Crippen LogP) is 5.85. The number of aromatic hydroxyl groups is 2. The fourth-order valence-electron chi connectivity index (χ4n) is 2.95. The minimum absolute atomic E-state index is 0.207. The van der Waals surface area contributed by atoms with Gasteiger partial charge in [-0.2, -0.15) is 0 Å². The maximum absolute atomic E-state index is 12.5. The van der Waals surface area contributed by atoms with Gasteiger partial charge in [0.25, 0.3) is 5.91 Å². The maximum Gasteiger partial charge on any atom is 0.255 e. The molecular weight excluding hydrogens is 414 g/mol. The van der Waals surface area contributed by atoms with Crippen LogP contribution in [0.15, 0.2) is 107 Å². The van der Waals surface area contributed by atoms with E-state index in [1.807, 2.05) is 12.1 Å². The van der Waals surface area contributed by atoms with Gasteiger partial charge in [0.05, 0.1) is 11.4 Å². The van der Waals surface area contributed by atoms with Crippen LogP contribution in [-0.4, -0.2) is 28.5 Å². The highest BCUT2D eigenvalue weighted by Crippen LogP contribution is 2.19. The zero-order valence-electron chi connectivity index (χ0n) is 17.6. The Balaban J connectivity index is 1.34. The van der Waals surface area contributed by atoms with Gasteiger partial charge in [0.15, 0.2) is 0 Å². The van der Waals surface area contributed by atoms with Gasteiger partial charge >= 0.3 is 0 Å². The van der Waals surface area contributed by atoms with Gasteiger partial charge in [-0.25, -0.2) is 0 Å². The number of carbonyl (C=O) groups is 1. The highest BCUT2D eigenvalue weighted by Gasteiger charge is 2.06. The summed E-state index contributed by atoms with van der Waals surface area (Å²) < 4.78 is 0. The van der Waals surface area contributed by atoms with E-state index in [0.717, 1.165) is 22.5 Å². The lowest BCUT2D eigenvalue weighted by atomic mass is 10.2. The first kappa shape index (κ1) is 21.5. The lowest BCUT2D eigenvalue weighted by molar-refractivity contribution is 0.102. The highest BCUT2D eigenvalue weighted by molar-refractivity contribution is 6.04. The number of nitrogens with one attached hydrogen (secondary N) is 1. The van der Waals surface area contributed by atoms with Crippen molar-refractivity contribution < 1.29 is 15.0 Å². The molecule has 4 aromatic rings. The Morgan fingerprint density at radius 2 is 1.03 bits per heavy atom. The van der Waals surface area contributed by atoms with Gasteiger partial charge in [-0.3, -0.25) is 14.8 Å². The van der Waals surface area contributed by atoms with Crippen LogP contribution >= 0.6 is 0 Å².